The molecule has 0 amide bonds. The summed E-state index contributed by atoms with van der Waals surface area (Å²) < 4.78 is 0. The highest BCUT2D eigenvalue weighted by molar-refractivity contribution is 5.54. The van der Waals surface area contributed by atoms with Gasteiger partial charge in [-0.05, 0) is 61.1 Å². The first-order valence-corrected chi connectivity index (χ1v) is 13.7. The average molecular weight is 507 g/mol. The lowest BCUT2D eigenvalue weighted by atomic mass is 9.87. The molecule has 38 heavy (non-hydrogen) atoms. The Bertz CT molecular complexity index is 1150. The maximum atomic E-state index is 10.1. The summed E-state index contributed by atoms with van der Waals surface area (Å²) in [5, 5.41) is 20.1. The molecule has 2 saturated heterocycles. The van der Waals surface area contributed by atoms with Crippen LogP contribution in [0.3, 0.4) is 0 Å². The van der Waals surface area contributed by atoms with Crippen molar-refractivity contribution in [2.75, 3.05) is 36.1 Å². The molecule has 2 heterocycles. The fraction of sp³-hybridized carbons (Fsp3) is 0.294. The normalized spacial score (nSPS) is 22.7. The summed E-state index contributed by atoms with van der Waals surface area (Å²) in [5.41, 5.74) is 4.28. The molecule has 2 atom stereocenters. The summed E-state index contributed by atoms with van der Waals surface area (Å²) in [6.45, 7) is 2.32. The molecule has 0 spiro atoms. The molecule has 0 aliphatic carbocycles. The Morgan fingerprint density at radius 1 is 0.474 bits per heavy atom. The summed E-state index contributed by atoms with van der Waals surface area (Å²) in [6, 6.07) is 41.5. The van der Waals surface area contributed by atoms with Crippen LogP contribution >= 0.6 is 0 Å². The van der Waals surface area contributed by atoms with Gasteiger partial charge < -0.3 is 20.0 Å². The average Bonchev–Trinajstić information content (AvgIpc) is 3.65. The molecule has 2 aliphatic rings. The Hall–Kier alpha value is -3.60. The lowest BCUT2D eigenvalue weighted by molar-refractivity contribution is 0.197. The molecule has 4 aromatic carbocycles. The van der Waals surface area contributed by atoms with E-state index in [1.54, 1.807) is 0 Å². The molecular formula is C34H38N2O2. The van der Waals surface area contributed by atoms with E-state index < -0.39 is 0 Å². The van der Waals surface area contributed by atoms with Crippen molar-refractivity contribution in [1.82, 2.24) is 0 Å². The van der Waals surface area contributed by atoms with Crippen LogP contribution in [0.2, 0.25) is 0 Å². The number of para-hydroxylation sites is 2. The second-order valence-electron chi connectivity index (χ2n) is 10.3. The number of nitrogens with zero attached hydrogens (tertiary/aromatic N) is 2. The third-order valence-corrected chi connectivity index (χ3v) is 8.26. The van der Waals surface area contributed by atoms with Gasteiger partial charge in [0, 0.05) is 24.5 Å². The van der Waals surface area contributed by atoms with Gasteiger partial charge in [-0.1, -0.05) is 97.1 Å². The molecule has 6 rings (SSSR count). The van der Waals surface area contributed by atoms with Crippen molar-refractivity contribution in [2.24, 2.45) is 0 Å². The zero-order chi connectivity index (χ0) is 26.3. The van der Waals surface area contributed by atoms with Crippen molar-refractivity contribution in [3.63, 3.8) is 0 Å². The number of rotatable bonds is 6. The van der Waals surface area contributed by atoms with Crippen molar-refractivity contribution in [2.45, 2.75) is 36.8 Å². The van der Waals surface area contributed by atoms with E-state index in [4.69, 9.17) is 0 Å². The van der Waals surface area contributed by atoms with Gasteiger partial charge in [0.1, 0.15) is 0 Å². The largest absolute Gasteiger partial charge is 0.394 e. The molecule has 0 bridgehead atoms. The molecular weight excluding hydrogens is 468 g/mol. The lowest BCUT2D eigenvalue weighted by Crippen LogP contribution is -2.44. The Kier molecular flexibility index (Phi) is 8.11. The van der Waals surface area contributed by atoms with Crippen LogP contribution < -0.4 is 9.80 Å². The highest BCUT2D eigenvalue weighted by Crippen LogP contribution is 2.42. The summed E-state index contributed by atoms with van der Waals surface area (Å²) >= 11 is 0. The van der Waals surface area contributed by atoms with Gasteiger partial charge in [0.2, 0.25) is 0 Å². The van der Waals surface area contributed by atoms with E-state index in [1.807, 2.05) is 48.5 Å². The monoisotopic (exact) mass is 506 g/mol. The standard InChI is InChI=1S/2C17H19NO/c2*19-14-17(15-8-3-1-4-9-15)12-7-13-18(17)16-10-5-2-6-11-16/h2*1-6,8-11,19H,7,12-14H2/t2*17-/m00/s1. The predicted octanol–water partition coefficient (Wildman–Crippen LogP) is 6.35. The Morgan fingerprint density at radius 2 is 0.789 bits per heavy atom. The molecule has 0 aromatic heterocycles. The molecule has 0 radical (unpaired) electrons. The fourth-order valence-corrected chi connectivity index (χ4v) is 6.33. The number of aliphatic hydroxyl groups excluding tert-OH is 2. The molecule has 4 aromatic rings. The topological polar surface area (TPSA) is 46.9 Å². The van der Waals surface area contributed by atoms with Crippen molar-refractivity contribution in [3.8, 4) is 0 Å². The molecule has 4 nitrogen and oxygen atoms in total. The summed E-state index contributed by atoms with van der Waals surface area (Å²) in [4.78, 5) is 4.70. The smallest absolute Gasteiger partial charge is 0.0884 e. The van der Waals surface area contributed by atoms with Gasteiger partial charge >= 0.3 is 0 Å². The van der Waals surface area contributed by atoms with E-state index in [9.17, 15) is 10.2 Å². The van der Waals surface area contributed by atoms with Crippen LogP contribution in [-0.2, 0) is 11.1 Å². The zero-order valence-electron chi connectivity index (χ0n) is 22.0. The Balaban J connectivity index is 0.000000155. The number of hydrogen-bond donors (Lipinski definition) is 2. The van der Waals surface area contributed by atoms with E-state index in [0.717, 1.165) is 38.8 Å². The first kappa shape index (κ1) is 26.0. The quantitative estimate of drug-likeness (QED) is 0.320. The predicted molar refractivity (Wildman–Crippen MR) is 156 cm³/mol. The molecule has 0 saturated carbocycles. The fourth-order valence-electron chi connectivity index (χ4n) is 6.33. The minimum atomic E-state index is -0.261. The van der Waals surface area contributed by atoms with Crippen LogP contribution in [0.1, 0.15) is 36.8 Å². The number of aliphatic hydroxyl groups is 2. The van der Waals surface area contributed by atoms with Gasteiger partial charge in [0.15, 0.2) is 0 Å². The van der Waals surface area contributed by atoms with Crippen molar-refractivity contribution in [3.05, 3.63) is 132 Å². The molecule has 196 valence electrons. The van der Waals surface area contributed by atoms with Crippen LogP contribution in [0.25, 0.3) is 0 Å². The van der Waals surface area contributed by atoms with E-state index in [1.165, 1.54) is 22.5 Å². The molecule has 2 N–H and O–H groups in total. The lowest BCUT2D eigenvalue weighted by Gasteiger charge is -2.39. The maximum absolute atomic E-state index is 10.1. The van der Waals surface area contributed by atoms with E-state index >= 15 is 0 Å². The van der Waals surface area contributed by atoms with Crippen LogP contribution in [0.5, 0.6) is 0 Å². The highest BCUT2D eigenvalue weighted by Gasteiger charge is 2.43. The summed E-state index contributed by atoms with van der Waals surface area (Å²) in [7, 11) is 0. The van der Waals surface area contributed by atoms with E-state index in [2.05, 4.69) is 82.6 Å². The second-order valence-corrected chi connectivity index (χ2v) is 10.3. The van der Waals surface area contributed by atoms with E-state index in [0.29, 0.717) is 0 Å². The van der Waals surface area contributed by atoms with Crippen molar-refractivity contribution in [1.29, 1.82) is 0 Å². The molecule has 2 aliphatic heterocycles. The second kappa shape index (κ2) is 11.8. The minimum absolute atomic E-state index is 0.159. The van der Waals surface area contributed by atoms with Crippen molar-refractivity contribution < 1.29 is 10.2 Å². The van der Waals surface area contributed by atoms with Gasteiger partial charge in [-0.15, -0.1) is 0 Å². The van der Waals surface area contributed by atoms with Gasteiger partial charge in [-0.2, -0.15) is 0 Å². The van der Waals surface area contributed by atoms with Crippen LogP contribution in [0.4, 0.5) is 11.4 Å². The SMILES string of the molecule is OC[C@]1(c2ccccc2)CCCN1c1ccccc1.OC[C@]1(c2ccccc2)CCCN1c1ccccc1. The number of benzene rings is 4. The Labute approximate surface area is 226 Å². The maximum Gasteiger partial charge on any atom is 0.0884 e. The van der Waals surface area contributed by atoms with Crippen LogP contribution in [0.15, 0.2) is 121 Å². The summed E-state index contributed by atoms with van der Waals surface area (Å²) in [6.07, 6.45) is 4.24. The molecule has 4 heteroatoms. The summed E-state index contributed by atoms with van der Waals surface area (Å²) in [5.74, 6) is 0. The molecule has 2 fully saturated rings. The van der Waals surface area contributed by atoms with Gasteiger partial charge in [-0.25, -0.2) is 0 Å². The van der Waals surface area contributed by atoms with Crippen LogP contribution in [-0.4, -0.2) is 36.5 Å². The first-order valence-electron chi connectivity index (χ1n) is 13.7. The minimum Gasteiger partial charge on any atom is -0.394 e. The third-order valence-electron chi connectivity index (χ3n) is 8.26. The third kappa shape index (κ3) is 4.94. The van der Waals surface area contributed by atoms with Crippen molar-refractivity contribution >= 4 is 11.4 Å². The van der Waals surface area contributed by atoms with Gasteiger partial charge in [-0.3, -0.25) is 0 Å². The van der Waals surface area contributed by atoms with Crippen LogP contribution in [0, 0.1) is 0 Å². The Morgan fingerprint density at radius 3 is 1.11 bits per heavy atom. The van der Waals surface area contributed by atoms with E-state index in [-0.39, 0.29) is 24.3 Å². The van der Waals surface area contributed by atoms with Gasteiger partial charge in [0.25, 0.3) is 0 Å². The van der Waals surface area contributed by atoms with Gasteiger partial charge in [0.05, 0.1) is 24.3 Å². The number of hydrogen-bond acceptors (Lipinski definition) is 4. The first-order chi connectivity index (χ1) is 18.7. The number of anilines is 2. The highest BCUT2D eigenvalue weighted by atomic mass is 16.3. The molecule has 0 unspecified atom stereocenters. The zero-order valence-corrected chi connectivity index (χ0v) is 22.0.